The van der Waals surface area contributed by atoms with Crippen molar-refractivity contribution in [3.05, 3.63) is 41.1 Å². The molecule has 0 saturated heterocycles. The van der Waals surface area contributed by atoms with Crippen LogP contribution in [0.1, 0.15) is 42.3 Å². The van der Waals surface area contributed by atoms with E-state index in [1.807, 2.05) is 26.0 Å². The Hall–Kier alpha value is -2.67. The molecule has 0 bridgehead atoms. The first-order chi connectivity index (χ1) is 12.1. The number of anilines is 3. The number of carbonyl (C=O) groups excluding carboxylic acids is 1. The van der Waals surface area contributed by atoms with Crippen molar-refractivity contribution in [2.75, 3.05) is 17.2 Å². The van der Waals surface area contributed by atoms with Crippen molar-refractivity contribution in [2.24, 2.45) is 16.9 Å². The number of aromatic nitrogens is 2. The third kappa shape index (κ3) is 5.16. The molecule has 2 rings (SSSR count). The van der Waals surface area contributed by atoms with E-state index in [-0.39, 0.29) is 17.0 Å². The summed E-state index contributed by atoms with van der Waals surface area (Å²) in [5.41, 5.74) is 14.9. The number of aryl methyl sites for hydroxylation is 2. The predicted octanol–water partition coefficient (Wildman–Crippen LogP) is 2.72. The first kappa shape index (κ1) is 19.7. The molecule has 1 aromatic heterocycles. The monoisotopic (exact) mass is 356 g/mol. The van der Waals surface area contributed by atoms with Crippen LogP contribution in [0.25, 0.3) is 0 Å². The second-order valence-corrected chi connectivity index (χ2v) is 7.67. The van der Waals surface area contributed by atoms with Gasteiger partial charge < -0.3 is 22.1 Å². The van der Waals surface area contributed by atoms with Gasteiger partial charge >= 0.3 is 0 Å². The van der Waals surface area contributed by atoms with Crippen LogP contribution in [-0.4, -0.2) is 28.5 Å². The molecule has 0 aliphatic rings. The number of hydrogen-bond donors (Lipinski definition) is 4. The minimum Gasteiger partial charge on any atom is -0.365 e. The summed E-state index contributed by atoms with van der Waals surface area (Å²) in [5, 5.41) is 6.30. The maximum atomic E-state index is 11.7. The molecule has 0 spiro atoms. The molecule has 7 heteroatoms. The average Bonchev–Trinajstić information content (AvgIpc) is 2.50. The lowest BCUT2D eigenvalue weighted by molar-refractivity contribution is 0.100. The molecule has 0 aliphatic carbocycles. The van der Waals surface area contributed by atoms with Crippen LogP contribution in [0.4, 0.5) is 17.5 Å². The van der Waals surface area contributed by atoms with Gasteiger partial charge in [-0.3, -0.25) is 4.79 Å². The minimum atomic E-state index is -0.588. The molecule has 1 amide bonds. The van der Waals surface area contributed by atoms with Crippen LogP contribution in [0.5, 0.6) is 0 Å². The lowest BCUT2D eigenvalue weighted by atomic mass is 9.87. The lowest BCUT2D eigenvalue weighted by Crippen LogP contribution is -2.41. The van der Waals surface area contributed by atoms with E-state index in [1.165, 1.54) is 6.20 Å². The second-order valence-electron chi connectivity index (χ2n) is 7.67. The Morgan fingerprint density at radius 3 is 2.35 bits per heavy atom. The molecule has 6 N–H and O–H groups in total. The highest BCUT2D eigenvalue weighted by Gasteiger charge is 2.21. The van der Waals surface area contributed by atoms with E-state index in [0.717, 1.165) is 16.8 Å². The normalized spacial score (nSPS) is 12.5. The summed E-state index contributed by atoms with van der Waals surface area (Å²) in [4.78, 5) is 20.3. The van der Waals surface area contributed by atoms with Crippen LogP contribution in [0.15, 0.2) is 24.4 Å². The fourth-order valence-corrected chi connectivity index (χ4v) is 2.43. The predicted molar refractivity (Wildman–Crippen MR) is 106 cm³/mol. The van der Waals surface area contributed by atoms with E-state index in [2.05, 4.69) is 47.4 Å². The topological polar surface area (TPSA) is 119 Å². The summed E-state index contributed by atoms with van der Waals surface area (Å²) < 4.78 is 0. The number of nitrogens with one attached hydrogen (secondary N) is 2. The van der Waals surface area contributed by atoms with E-state index < -0.39 is 5.91 Å². The highest BCUT2D eigenvalue weighted by atomic mass is 16.1. The molecule has 1 heterocycles. The number of hydrogen-bond acceptors (Lipinski definition) is 6. The average molecular weight is 356 g/mol. The van der Waals surface area contributed by atoms with Crippen LogP contribution >= 0.6 is 0 Å². The van der Waals surface area contributed by atoms with Gasteiger partial charge in [-0.05, 0) is 42.5 Å². The molecule has 0 saturated carbocycles. The molecule has 26 heavy (non-hydrogen) atoms. The van der Waals surface area contributed by atoms with Gasteiger partial charge in [-0.1, -0.05) is 26.8 Å². The highest BCUT2D eigenvalue weighted by molar-refractivity contribution is 5.98. The summed E-state index contributed by atoms with van der Waals surface area (Å²) in [5.74, 6) is 0.167. The summed E-state index contributed by atoms with van der Waals surface area (Å²) in [6.45, 7) is 10.8. The molecule has 1 unspecified atom stereocenters. The van der Waals surface area contributed by atoms with Gasteiger partial charge in [0.15, 0.2) is 0 Å². The Labute approximate surface area is 154 Å². The van der Waals surface area contributed by atoms with Gasteiger partial charge in [0.25, 0.3) is 5.91 Å². The fraction of sp³-hybridized carbons (Fsp3) is 0.421. The number of primary amides is 1. The Bertz CT molecular complexity index is 777. The first-order valence-corrected chi connectivity index (χ1v) is 8.58. The van der Waals surface area contributed by atoms with Crippen molar-refractivity contribution >= 4 is 23.4 Å². The summed E-state index contributed by atoms with van der Waals surface area (Å²) in [7, 11) is 0. The molecule has 0 fully saturated rings. The van der Waals surface area contributed by atoms with Gasteiger partial charge in [0.05, 0.1) is 0 Å². The molecule has 0 radical (unpaired) electrons. The zero-order valence-corrected chi connectivity index (χ0v) is 16.1. The van der Waals surface area contributed by atoms with Crippen molar-refractivity contribution in [3.63, 3.8) is 0 Å². The van der Waals surface area contributed by atoms with Gasteiger partial charge in [-0.25, -0.2) is 4.98 Å². The molecule has 1 aromatic carbocycles. The van der Waals surface area contributed by atoms with Crippen molar-refractivity contribution in [2.45, 2.75) is 40.7 Å². The molecule has 140 valence electrons. The molecule has 1 atom stereocenters. The third-order valence-corrected chi connectivity index (χ3v) is 4.13. The van der Waals surface area contributed by atoms with Crippen molar-refractivity contribution in [3.8, 4) is 0 Å². The quantitative estimate of drug-likeness (QED) is 0.632. The van der Waals surface area contributed by atoms with Gasteiger partial charge in [0.2, 0.25) is 5.95 Å². The van der Waals surface area contributed by atoms with Crippen LogP contribution in [0.3, 0.4) is 0 Å². The number of rotatable bonds is 6. The van der Waals surface area contributed by atoms with Crippen LogP contribution in [0, 0.1) is 19.3 Å². The summed E-state index contributed by atoms with van der Waals surface area (Å²) in [6.07, 6.45) is 1.42. The Morgan fingerprint density at radius 2 is 1.81 bits per heavy atom. The highest BCUT2D eigenvalue weighted by Crippen LogP contribution is 2.22. The number of nitrogens with zero attached hydrogens (tertiary/aromatic N) is 2. The molecule has 0 aliphatic heterocycles. The van der Waals surface area contributed by atoms with E-state index in [1.54, 1.807) is 0 Å². The van der Waals surface area contributed by atoms with E-state index in [4.69, 9.17) is 11.5 Å². The maximum absolute atomic E-state index is 11.7. The van der Waals surface area contributed by atoms with Gasteiger partial charge in [0, 0.05) is 24.5 Å². The zero-order chi connectivity index (χ0) is 19.5. The Kier molecular flexibility index (Phi) is 5.82. The summed E-state index contributed by atoms with van der Waals surface area (Å²) in [6, 6.07) is 5.95. The van der Waals surface area contributed by atoms with E-state index in [9.17, 15) is 4.79 Å². The number of carbonyl (C=O) groups is 1. The molecular formula is C19H28N6O. The first-order valence-electron chi connectivity index (χ1n) is 8.58. The fourth-order valence-electron chi connectivity index (χ4n) is 2.43. The van der Waals surface area contributed by atoms with Gasteiger partial charge in [-0.2, -0.15) is 4.98 Å². The zero-order valence-electron chi connectivity index (χ0n) is 16.1. The smallest absolute Gasteiger partial charge is 0.254 e. The van der Waals surface area contributed by atoms with E-state index in [0.29, 0.717) is 18.3 Å². The van der Waals surface area contributed by atoms with Crippen molar-refractivity contribution in [1.82, 2.24) is 9.97 Å². The molecule has 7 nitrogen and oxygen atoms in total. The lowest BCUT2D eigenvalue weighted by Gasteiger charge is -2.27. The van der Waals surface area contributed by atoms with Crippen LogP contribution in [-0.2, 0) is 0 Å². The van der Waals surface area contributed by atoms with Crippen molar-refractivity contribution < 1.29 is 4.79 Å². The summed E-state index contributed by atoms with van der Waals surface area (Å²) >= 11 is 0. The molecular weight excluding hydrogens is 328 g/mol. The maximum Gasteiger partial charge on any atom is 0.254 e. The SMILES string of the molecule is Cc1cc(C)cc(Nc2nc(NCC(N)C(C)(C)C)ncc2C(N)=O)c1. The minimum absolute atomic E-state index is 0.0413. The van der Waals surface area contributed by atoms with Crippen molar-refractivity contribution in [1.29, 1.82) is 0 Å². The second kappa shape index (κ2) is 7.70. The van der Waals surface area contributed by atoms with Gasteiger partial charge in [0.1, 0.15) is 11.4 Å². The Balaban J connectivity index is 2.26. The standard InChI is InChI=1S/C19H28N6O/c1-11-6-12(2)8-13(7-11)24-17-14(16(21)26)9-22-18(25-17)23-10-15(20)19(3,4)5/h6-9,15H,10,20H2,1-5H3,(H2,21,26)(H2,22,23,24,25). The number of amides is 1. The largest absolute Gasteiger partial charge is 0.365 e. The third-order valence-electron chi connectivity index (χ3n) is 4.13. The van der Waals surface area contributed by atoms with Crippen LogP contribution < -0.4 is 22.1 Å². The van der Waals surface area contributed by atoms with Gasteiger partial charge in [-0.15, -0.1) is 0 Å². The van der Waals surface area contributed by atoms with E-state index >= 15 is 0 Å². The number of nitrogens with two attached hydrogens (primary N) is 2. The Morgan fingerprint density at radius 1 is 1.19 bits per heavy atom. The van der Waals surface area contributed by atoms with Crippen LogP contribution in [0.2, 0.25) is 0 Å². The number of benzene rings is 1. The molecule has 2 aromatic rings.